The topological polar surface area (TPSA) is 41.1 Å². The van der Waals surface area contributed by atoms with Crippen molar-refractivity contribution in [2.75, 3.05) is 23.3 Å². The highest BCUT2D eigenvalue weighted by molar-refractivity contribution is 5.43. The van der Waals surface area contributed by atoms with E-state index >= 15 is 0 Å². The molecule has 0 amide bonds. The maximum atomic E-state index is 4.60. The number of nitrogens with zero attached hydrogens (tertiary/aromatic N) is 3. The number of rotatable bonds is 6. The van der Waals surface area contributed by atoms with Crippen LogP contribution >= 0.6 is 0 Å². The van der Waals surface area contributed by atoms with Crippen LogP contribution in [0.1, 0.15) is 47.5 Å². The monoisotopic (exact) mass is 250 g/mol. The standard InChI is InChI=1S/C14H26N4/c1-6-10-18(11-7-2)12-8-9-15-13(16-12)17-14(3,4)5/h8-9H,6-7,10-11H2,1-5H3,(H,15,16,17). The van der Waals surface area contributed by atoms with Crippen molar-refractivity contribution in [1.29, 1.82) is 0 Å². The van der Waals surface area contributed by atoms with Crippen molar-refractivity contribution in [3.05, 3.63) is 12.3 Å². The Balaban J connectivity index is 2.84. The van der Waals surface area contributed by atoms with E-state index in [1.54, 1.807) is 0 Å². The Kier molecular flexibility index (Phi) is 5.38. The Morgan fingerprint density at radius 3 is 2.28 bits per heavy atom. The molecule has 0 aliphatic rings. The maximum absolute atomic E-state index is 4.60. The van der Waals surface area contributed by atoms with Gasteiger partial charge in [-0.3, -0.25) is 0 Å². The fraction of sp³-hybridized carbons (Fsp3) is 0.714. The first-order chi connectivity index (χ1) is 8.46. The first-order valence-corrected chi connectivity index (χ1v) is 6.82. The van der Waals surface area contributed by atoms with Gasteiger partial charge in [0.15, 0.2) is 0 Å². The van der Waals surface area contributed by atoms with Crippen LogP contribution in [0.3, 0.4) is 0 Å². The van der Waals surface area contributed by atoms with Gasteiger partial charge in [0.25, 0.3) is 0 Å². The van der Waals surface area contributed by atoms with Crippen LogP contribution in [0.4, 0.5) is 11.8 Å². The highest BCUT2D eigenvalue weighted by Gasteiger charge is 2.13. The first-order valence-electron chi connectivity index (χ1n) is 6.82. The number of hydrogen-bond donors (Lipinski definition) is 1. The fourth-order valence-corrected chi connectivity index (χ4v) is 1.80. The molecule has 0 saturated heterocycles. The lowest BCUT2D eigenvalue weighted by atomic mass is 10.1. The van der Waals surface area contributed by atoms with Gasteiger partial charge in [-0.2, -0.15) is 4.98 Å². The van der Waals surface area contributed by atoms with Gasteiger partial charge in [0.05, 0.1) is 0 Å². The van der Waals surface area contributed by atoms with Crippen LogP contribution < -0.4 is 10.2 Å². The molecule has 1 aromatic heterocycles. The molecule has 0 spiro atoms. The number of nitrogens with one attached hydrogen (secondary N) is 1. The van der Waals surface area contributed by atoms with Crippen LogP contribution in [0.25, 0.3) is 0 Å². The average molecular weight is 250 g/mol. The Morgan fingerprint density at radius 2 is 1.78 bits per heavy atom. The minimum Gasteiger partial charge on any atom is -0.356 e. The number of aromatic nitrogens is 2. The Morgan fingerprint density at radius 1 is 1.17 bits per heavy atom. The van der Waals surface area contributed by atoms with Crippen molar-refractivity contribution in [2.24, 2.45) is 0 Å². The Labute approximate surface area is 111 Å². The smallest absolute Gasteiger partial charge is 0.225 e. The molecule has 0 saturated carbocycles. The second kappa shape index (κ2) is 6.57. The fourth-order valence-electron chi connectivity index (χ4n) is 1.80. The zero-order valence-electron chi connectivity index (χ0n) is 12.3. The molecule has 102 valence electrons. The molecular formula is C14H26N4. The van der Waals surface area contributed by atoms with Crippen LogP contribution in [0.15, 0.2) is 12.3 Å². The molecule has 18 heavy (non-hydrogen) atoms. The molecule has 0 atom stereocenters. The predicted molar refractivity (Wildman–Crippen MR) is 78.2 cm³/mol. The molecule has 1 N–H and O–H groups in total. The van der Waals surface area contributed by atoms with E-state index in [0.717, 1.165) is 31.7 Å². The van der Waals surface area contributed by atoms with Gasteiger partial charge in [-0.25, -0.2) is 4.98 Å². The SMILES string of the molecule is CCCN(CCC)c1ccnc(NC(C)(C)C)n1. The van der Waals surface area contributed by atoms with Gasteiger partial charge in [-0.15, -0.1) is 0 Å². The third kappa shape index (κ3) is 4.90. The quantitative estimate of drug-likeness (QED) is 0.841. The van der Waals surface area contributed by atoms with Crippen LogP contribution in [0.2, 0.25) is 0 Å². The zero-order valence-corrected chi connectivity index (χ0v) is 12.3. The van der Waals surface area contributed by atoms with Gasteiger partial charge < -0.3 is 10.2 Å². The molecule has 0 radical (unpaired) electrons. The van der Waals surface area contributed by atoms with Gasteiger partial charge in [-0.1, -0.05) is 13.8 Å². The van der Waals surface area contributed by atoms with E-state index in [-0.39, 0.29) is 5.54 Å². The van der Waals surface area contributed by atoms with E-state index in [1.165, 1.54) is 0 Å². The van der Waals surface area contributed by atoms with Crippen LogP contribution in [-0.4, -0.2) is 28.6 Å². The summed E-state index contributed by atoms with van der Waals surface area (Å²) in [4.78, 5) is 11.2. The molecule has 0 fully saturated rings. The summed E-state index contributed by atoms with van der Waals surface area (Å²) >= 11 is 0. The van der Waals surface area contributed by atoms with E-state index in [1.807, 2.05) is 12.3 Å². The molecule has 0 aromatic carbocycles. The third-order valence-electron chi connectivity index (χ3n) is 2.44. The largest absolute Gasteiger partial charge is 0.356 e. The van der Waals surface area contributed by atoms with Crippen molar-refractivity contribution < 1.29 is 0 Å². The molecule has 1 heterocycles. The molecule has 1 aromatic rings. The van der Waals surface area contributed by atoms with E-state index < -0.39 is 0 Å². The first kappa shape index (κ1) is 14.7. The molecular weight excluding hydrogens is 224 g/mol. The highest BCUT2D eigenvalue weighted by Crippen LogP contribution is 2.15. The predicted octanol–water partition coefficient (Wildman–Crippen LogP) is 3.31. The normalized spacial score (nSPS) is 11.4. The molecule has 4 nitrogen and oxygen atoms in total. The average Bonchev–Trinajstić information content (AvgIpc) is 2.27. The zero-order chi connectivity index (χ0) is 13.6. The van der Waals surface area contributed by atoms with E-state index in [4.69, 9.17) is 0 Å². The minimum absolute atomic E-state index is 0.0149. The third-order valence-corrected chi connectivity index (χ3v) is 2.44. The van der Waals surface area contributed by atoms with Gasteiger partial charge in [-0.05, 0) is 39.7 Å². The lowest BCUT2D eigenvalue weighted by molar-refractivity contribution is 0.625. The second-order valence-corrected chi connectivity index (χ2v) is 5.60. The molecule has 0 aliphatic heterocycles. The van der Waals surface area contributed by atoms with Crippen LogP contribution in [0.5, 0.6) is 0 Å². The van der Waals surface area contributed by atoms with E-state index in [9.17, 15) is 0 Å². The summed E-state index contributed by atoms with van der Waals surface area (Å²) in [6, 6.07) is 1.99. The van der Waals surface area contributed by atoms with Crippen molar-refractivity contribution in [1.82, 2.24) is 9.97 Å². The summed E-state index contributed by atoms with van der Waals surface area (Å²) in [5.41, 5.74) is -0.0149. The molecule has 0 unspecified atom stereocenters. The number of hydrogen-bond acceptors (Lipinski definition) is 4. The van der Waals surface area contributed by atoms with E-state index in [0.29, 0.717) is 5.95 Å². The van der Waals surface area contributed by atoms with Gasteiger partial charge in [0, 0.05) is 24.8 Å². The van der Waals surface area contributed by atoms with Gasteiger partial charge in [0.1, 0.15) is 5.82 Å². The lowest BCUT2D eigenvalue weighted by Crippen LogP contribution is -2.29. The van der Waals surface area contributed by atoms with Crippen LogP contribution in [0, 0.1) is 0 Å². The summed E-state index contributed by atoms with van der Waals surface area (Å²) < 4.78 is 0. The molecule has 0 aliphatic carbocycles. The summed E-state index contributed by atoms with van der Waals surface area (Å²) in [6.45, 7) is 12.8. The summed E-state index contributed by atoms with van der Waals surface area (Å²) in [5, 5.41) is 3.31. The van der Waals surface area contributed by atoms with Crippen molar-refractivity contribution in [2.45, 2.75) is 53.0 Å². The van der Waals surface area contributed by atoms with Crippen molar-refractivity contribution >= 4 is 11.8 Å². The number of anilines is 2. The molecule has 1 rings (SSSR count). The van der Waals surface area contributed by atoms with Crippen molar-refractivity contribution in [3.63, 3.8) is 0 Å². The second-order valence-electron chi connectivity index (χ2n) is 5.60. The van der Waals surface area contributed by atoms with Gasteiger partial charge in [0.2, 0.25) is 5.95 Å². The minimum atomic E-state index is -0.0149. The molecule has 4 heteroatoms. The molecule has 0 bridgehead atoms. The van der Waals surface area contributed by atoms with Crippen LogP contribution in [-0.2, 0) is 0 Å². The maximum Gasteiger partial charge on any atom is 0.225 e. The van der Waals surface area contributed by atoms with Crippen molar-refractivity contribution in [3.8, 4) is 0 Å². The van der Waals surface area contributed by atoms with E-state index in [2.05, 4.69) is 54.8 Å². The van der Waals surface area contributed by atoms with Gasteiger partial charge >= 0.3 is 0 Å². The highest BCUT2D eigenvalue weighted by atomic mass is 15.2. The summed E-state index contributed by atoms with van der Waals surface area (Å²) in [7, 11) is 0. The Hall–Kier alpha value is -1.32. The summed E-state index contributed by atoms with van der Waals surface area (Å²) in [6.07, 6.45) is 4.09. The summed E-state index contributed by atoms with van der Waals surface area (Å²) in [5.74, 6) is 1.72. The Bertz CT molecular complexity index is 351. The lowest BCUT2D eigenvalue weighted by Gasteiger charge is -2.24.